The van der Waals surface area contributed by atoms with Crippen LogP contribution in [0.4, 0.5) is 5.69 Å². The summed E-state index contributed by atoms with van der Waals surface area (Å²) in [6, 6.07) is 17.2. The zero-order valence-electron chi connectivity index (χ0n) is 20.7. The Kier molecular flexibility index (Phi) is 5.60. The lowest BCUT2D eigenvalue weighted by Crippen LogP contribution is -2.47. The number of rotatable bonds is 5. The summed E-state index contributed by atoms with van der Waals surface area (Å²) < 4.78 is 12.7. The minimum Gasteiger partial charge on any atom is -0.457 e. The van der Waals surface area contributed by atoms with Crippen LogP contribution in [-0.2, 0) is 37.8 Å². The van der Waals surface area contributed by atoms with Crippen LogP contribution in [0.1, 0.15) is 35.6 Å². The predicted molar refractivity (Wildman–Crippen MR) is 141 cm³/mol. The number of nitrogens with zero attached hydrogens (tertiary/aromatic N) is 3. The van der Waals surface area contributed by atoms with Crippen LogP contribution in [0.15, 0.2) is 71.5 Å². The Hall–Kier alpha value is -5.12. The Morgan fingerprint density at radius 2 is 1.95 bits per heavy atom. The molecule has 0 N–H and O–H groups in total. The number of hydrogen-bond acceptors (Lipinski definition) is 8. The lowest BCUT2D eigenvalue weighted by Gasteiger charge is -2.35. The molecule has 0 saturated carbocycles. The number of nitro groups is 1. The Balaban J connectivity index is 1.43. The fourth-order valence-electron chi connectivity index (χ4n) is 5.24. The quantitative estimate of drug-likeness (QED) is 0.145. The fourth-order valence-corrected chi connectivity index (χ4v) is 5.24. The molecule has 194 valence electrons. The molecule has 0 unspecified atom stereocenters. The SMILES string of the molecule is CC[C@@]1(OC(=O)/C=C/c2ccccc2[N+](=O)[O-])C(=O)OCc2c1cc1n(c2=O)Cc2cc3ccccc3nc2-1. The normalized spacial score (nSPS) is 17.4. The van der Waals surface area contributed by atoms with Crippen LogP contribution in [0.25, 0.3) is 28.4 Å². The fraction of sp³-hybridized carbons (Fsp3) is 0.172. The molecule has 0 radical (unpaired) electrons. The van der Waals surface area contributed by atoms with Crippen molar-refractivity contribution >= 4 is 34.6 Å². The van der Waals surface area contributed by atoms with Gasteiger partial charge in [-0.2, -0.15) is 0 Å². The van der Waals surface area contributed by atoms with E-state index in [9.17, 15) is 24.5 Å². The maximum atomic E-state index is 13.6. The van der Waals surface area contributed by atoms with E-state index in [1.54, 1.807) is 23.6 Å². The summed E-state index contributed by atoms with van der Waals surface area (Å²) in [5, 5.41) is 12.3. The van der Waals surface area contributed by atoms with Gasteiger partial charge in [0, 0.05) is 28.7 Å². The van der Waals surface area contributed by atoms with Crippen LogP contribution in [-0.4, -0.2) is 26.4 Å². The number of para-hydroxylation sites is 2. The molecule has 2 aliphatic heterocycles. The molecule has 4 aromatic rings. The monoisotopic (exact) mass is 523 g/mol. The highest BCUT2D eigenvalue weighted by Crippen LogP contribution is 2.41. The van der Waals surface area contributed by atoms with Crippen molar-refractivity contribution in [2.75, 3.05) is 0 Å². The van der Waals surface area contributed by atoms with Crippen LogP contribution in [0.3, 0.4) is 0 Å². The van der Waals surface area contributed by atoms with Gasteiger partial charge in [-0.25, -0.2) is 14.6 Å². The highest BCUT2D eigenvalue weighted by molar-refractivity contribution is 5.93. The highest BCUT2D eigenvalue weighted by Gasteiger charge is 2.50. The lowest BCUT2D eigenvalue weighted by molar-refractivity contribution is -0.385. The molecule has 0 spiro atoms. The van der Waals surface area contributed by atoms with Crippen molar-refractivity contribution in [1.82, 2.24) is 9.55 Å². The van der Waals surface area contributed by atoms with Gasteiger partial charge in [0.15, 0.2) is 0 Å². The minimum absolute atomic E-state index is 0.00476. The molecule has 0 fully saturated rings. The number of nitro benzene ring substituents is 1. The summed E-state index contributed by atoms with van der Waals surface area (Å²) in [6.07, 6.45) is 2.27. The largest absolute Gasteiger partial charge is 0.457 e. The summed E-state index contributed by atoms with van der Waals surface area (Å²) in [6.45, 7) is 1.73. The van der Waals surface area contributed by atoms with E-state index in [4.69, 9.17) is 14.5 Å². The predicted octanol–water partition coefficient (Wildman–Crippen LogP) is 4.25. The van der Waals surface area contributed by atoms with Gasteiger partial charge in [-0.05, 0) is 36.8 Å². The Bertz CT molecular complexity index is 1810. The molecule has 10 nitrogen and oxygen atoms in total. The number of fused-ring (bicyclic) bond motifs is 5. The number of aromatic nitrogens is 2. The van der Waals surface area contributed by atoms with Crippen molar-refractivity contribution in [3.8, 4) is 11.4 Å². The molecular weight excluding hydrogens is 502 g/mol. The van der Waals surface area contributed by atoms with Gasteiger partial charge in [-0.1, -0.05) is 37.3 Å². The molecule has 0 aliphatic carbocycles. The zero-order chi connectivity index (χ0) is 27.3. The van der Waals surface area contributed by atoms with Crippen molar-refractivity contribution in [1.29, 1.82) is 0 Å². The molecule has 1 atom stereocenters. The van der Waals surface area contributed by atoms with E-state index in [-0.39, 0.29) is 41.0 Å². The van der Waals surface area contributed by atoms with Gasteiger partial charge in [0.1, 0.15) is 6.61 Å². The molecule has 39 heavy (non-hydrogen) atoms. The molecule has 2 aromatic carbocycles. The van der Waals surface area contributed by atoms with E-state index in [2.05, 4.69) is 0 Å². The first kappa shape index (κ1) is 24.2. The van der Waals surface area contributed by atoms with E-state index in [1.807, 2.05) is 30.3 Å². The maximum Gasteiger partial charge on any atom is 0.355 e. The maximum absolute atomic E-state index is 13.6. The second kappa shape index (κ2) is 9.02. The third-order valence-corrected chi connectivity index (χ3v) is 7.19. The average molecular weight is 524 g/mol. The van der Waals surface area contributed by atoms with Crippen molar-refractivity contribution in [2.45, 2.75) is 32.1 Å². The molecule has 0 amide bonds. The topological polar surface area (TPSA) is 131 Å². The summed E-state index contributed by atoms with van der Waals surface area (Å²) in [7, 11) is 0. The van der Waals surface area contributed by atoms with Gasteiger partial charge in [0.05, 0.1) is 39.5 Å². The molecular formula is C29H21N3O7. The Labute approximate surface area is 221 Å². The summed E-state index contributed by atoms with van der Waals surface area (Å²) in [5.74, 6) is -1.70. The number of hydrogen-bond donors (Lipinski definition) is 0. The first-order chi connectivity index (χ1) is 18.8. The highest BCUT2D eigenvalue weighted by atomic mass is 16.6. The Morgan fingerprint density at radius 3 is 2.74 bits per heavy atom. The van der Waals surface area contributed by atoms with E-state index in [0.717, 1.165) is 22.5 Å². The van der Waals surface area contributed by atoms with Gasteiger partial charge in [-0.3, -0.25) is 14.9 Å². The van der Waals surface area contributed by atoms with Gasteiger partial charge in [0.25, 0.3) is 11.2 Å². The number of cyclic esters (lactones) is 1. The Morgan fingerprint density at radius 1 is 1.18 bits per heavy atom. The van der Waals surface area contributed by atoms with Crippen LogP contribution in [0.5, 0.6) is 0 Å². The first-order valence-electron chi connectivity index (χ1n) is 12.3. The van der Waals surface area contributed by atoms with Gasteiger partial charge >= 0.3 is 11.9 Å². The zero-order valence-corrected chi connectivity index (χ0v) is 20.7. The molecule has 2 aliphatic rings. The van der Waals surface area contributed by atoms with Gasteiger partial charge in [-0.15, -0.1) is 0 Å². The van der Waals surface area contributed by atoms with Crippen LogP contribution in [0, 0.1) is 10.1 Å². The lowest BCUT2D eigenvalue weighted by atomic mass is 9.85. The summed E-state index contributed by atoms with van der Waals surface area (Å²) in [4.78, 5) is 55.2. The second-order valence-electron chi connectivity index (χ2n) is 9.33. The number of pyridine rings is 2. The molecule has 4 heterocycles. The summed E-state index contributed by atoms with van der Waals surface area (Å²) >= 11 is 0. The standard InChI is InChI=1S/C29H21N3O7/c1-2-29(39-25(33)12-11-17-7-4-6-10-23(17)32(36)37)21-14-24-26-19(13-18-8-3-5-9-22(18)30-26)15-31(24)27(34)20(21)16-38-28(29)35/h3-14H,2,15-16H2,1H3/b12-11+/t29-/m0/s1. The molecule has 0 saturated heterocycles. The van der Waals surface area contributed by atoms with Crippen molar-refractivity contribution < 1.29 is 24.0 Å². The first-order valence-corrected chi connectivity index (χ1v) is 12.3. The van der Waals surface area contributed by atoms with E-state index in [1.165, 1.54) is 24.3 Å². The molecule has 0 bridgehead atoms. The van der Waals surface area contributed by atoms with E-state index < -0.39 is 22.5 Å². The van der Waals surface area contributed by atoms with Crippen molar-refractivity contribution in [2.24, 2.45) is 0 Å². The van der Waals surface area contributed by atoms with Gasteiger partial charge < -0.3 is 14.0 Å². The third-order valence-electron chi connectivity index (χ3n) is 7.19. The van der Waals surface area contributed by atoms with E-state index >= 15 is 0 Å². The number of carbonyl (C=O) groups is 2. The second-order valence-corrected chi connectivity index (χ2v) is 9.33. The van der Waals surface area contributed by atoms with Crippen LogP contribution >= 0.6 is 0 Å². The average Bonchev–Trinajstić information content (AvgIpc) is 3.30. The summed E-state index contributed by atoms with van der Waals surface area (Å²) in [5.41, 5.74) is 1.07. The molecule has 2 aromatic heterocycles. The number of carbonyl (C=O) groups excluding carboxylic acids is 2. The van der Waals surface area contributed by atoms with Crippen LogP contribution < -0.4 is 5.56 Å². The number of benzene rings is 2. The van der Waals surface area contributed by atoms with Crippen LogP contribution in [0.2, 0.25) is 0 Å². The van der Waals surface area contributed by atoms with E-state index in [0.29, 0.717) is 17.9 Å². The smallest absolute Gasteiger partial charge is 0.355 e. The third kappa shape index (κ3) is 3.80. The molecule has 6 rings (SSSR count). The van der Waals surface area contributed by atoms with Gasteiger partial charge in [0.2, 0.25) is 5.60 Å². The number of ether oxygens (including phenoxy) is 2. The van der Waals surface area contributed by atoms with Crippen molar-refractivity contribution in [3.05, 3.63) is 109 Å². The molecule has 10 heteroatoms. The minimum atomic E-state index is -1.87. The number of esters is 2. The van der Waals surface area contributed by atoms with Crippen molar-refractivity contribution in [3.63, 3.8) is 0 Å².